The number of ether oxygens (including phenoxy) is 1. The lowest BCUT2D eigenvalue weighted by molar-refractivity contribution is 0.120. The van der Waals surface area contributed by atoms with Gasteiger partial charge in [0, 0.05) is 19.2 Å². The minimum atomic E-state index is -0.487. The third-order valence-corrected chi connectivity index (χ3v) is 3.74. The molecule has 1 aromatic heterocycles. The van der Waals surface area contributed by atoms with Crippen molar-refractivity contribution in [1.29, 1.82) is 0 Å². The molecule has 2 N–H and O–H groups in total. The van der Waals surface area contributed by atoms with Crippen LogP contribution in [0.1, 0.15) is 5.76 Å². The molecule has 0 radical (unpaired) electrons. The van der Waals surface area contributed by atoms with Gasteiger partial charge in [0.15, 0.2) is 5.88 Å². The van der Waals surface area contributed by atoms with Crippen molar-refractivity contribution in [3.63, 3.8) is 0 Å². The molecule has 8 heteroatoms. The van der Waals surface area contributed by atoms with E-state index in [1.54, 1.807) is 30.3 Å². The number of nitrogens with one attached hydrogen (secondary N) is 2. The summed E-state index contributed by atoms with van der Waals surface area (Å²) in [6.07, 6.45) is 1.44. The third kappa shape index (κ3) is 4.27. The van der Waals surface area contributed by atoms with Gasteiger partial charge in [0.25, 0.3) is 0 Å². The topological polar surface area (TPSA) is 79.1 Å². The van der Waals surface area contributed by atoms with E-state index < -0.39 is 6.03 Å². The number of morpholine rings is 1. The van der Waals surface area contributed by atoms with Crippen LogP contribution in [0, 0.1) is 0 Å². The lowest BCUT2D eigenvalue weighted by Gasteiger charge is -2.26. The summed E-state index contributed by atoms with van der Waals surface area (Å²) in [4.78, 5) is 13.9. The van der Waals surface area contributed by atoms with Gasteiger partial charge in [-0.2, -0.15) is 5.10 Å². The number of hydrogen-bond donors (Lipinski definition) is 2. The highest BCUT2D eigenvalue weighted by atomic mass is 35.5. The quantitative estimate of drug-likeness (QED) is 0.657. The molecule has 0 spiro atoms. The van der Waals surface area contributed by atoms with Crippen molar-refractivity contribution in [3.8, 4) is 0 Å². The number of amides is 2. The molecule has 1 fully saturated rings. The summed E-state index contributed by atoms with van der Waals surface area (Å²) in [7, 11) is 0. The summed E-state index contributed by atoms with van der Waals surface area (Å²) in [5.74, 6) is 1.31. The van der Waals surface area contributed by atoms with Gasteiger partial charge in [0.2, 0.25) is 0 Å². The predicted molar refractivity (Wildman–Crippen MR) is 92.9 cm³/mol. The maximum atomic E-state index is 11.8. The van der Waals surface area contributed by atoms with E-state index in [1.807, 2.05) is 6.07 Å². The van der Waals surface area contributed by atoms with E-state index in [-0.39, 0.29) is 0 Å². The van der Waals surface area contributed by atoms with E-state index in [0.29, 0.717) is 29.7 Å². The monoisotopic (exact) mass is 348 g/mol. The fourth-order valence-corrected chi connectivity index (χ4v) is 2.42. The van der Waals surface area contributed by atoms with Crippen LogP contribution in [0.25, 0.3) is 0 Å². The molecule has 2 amide bonds. The average molecular weight is 349 g/mol. The van der Waals surface area contributed by atoms with Crippen LogP contribution in [0.5, 0.6) is 0 Å². The Bertz CT molecular complexity index is 726. The van der Waals surface area contributed by atoms with E-state index in [4.69, 9.17) is 20.8 Å². The van der Waals surface area contributed by atoms with Crippen molar-refractivity contribution in [3.05, 3.63) is 47.2 Å². The van der Waals surface area contributed by atoms with Crippen LogP contribution < -0.4 is 15.6 Å². The Morgan fingerprint density at radius 3 is 2.79 bits per heavy atom. The second kappa shape index (κ2) is 7.85. The van der Waals surface area contributed by atoms with Gasteiger partial charge < -0.3 is 19.4 Å². The molecule has 1 saturated heterocycles. The number of carbonyl (C=O) groups is 1. The van der Waals surface area contributed by atoms with Crippen molar-refractivity contribution in [2.75, 3.05) is 36.5 Å². The fourth-order valence-electron chi connectivity index (χ4n) is 2.23. The third-order valence-electron chi connectivity index (χ3n) is 3.42. The van der Waals surface area contributed by atoms with Crippen molar-refractivity contribution in [2.45, 2.75) is 0 Å². The summed E-state index contributed by atoms with van der Waals surface area (Å²) in [5, 5.41) is 6.92. The van der Waals surface area contributed by atoms with Crippen molar-refractivity contribution < 1.29 is 13.9 Å². The van der Waals surface area contributed by atoms with E-state index >= 15 is 0 Å². The van der Waals surface area contributed by atoms with Crippen molar-refractivity contribution >= 4 is 35.4 Å². The first-order valence-corrected chi connectivity index (χ1v) is 7.87. The van der Waals surface area contributed by atoms with Gasteiger partial charge in [0.05, 0.1) is 30.1 Å². The predicted octanol–water partition coefficient (Wildman–Crippen LogP) is 2.93. The van der Waals surface area contributed by atoms with E-state index in [1.165, 1.54) is 6.21 Å². The molecule has 1 aliphatic heterocycles. The number of furan rings is 1. The Labute approximate surface area is 144 Å². The molecule has 3 rings (SSSR count). The normalized spacial score (nSPS) is 14.8. The number of carbonyl (C=O) groups excluding carboxylic acids is 1. The van der Waals surface area contributed by atoms with Gasteiger partial charge in [-0.05, 0) is 18.2 Å². The molecule has 126 valence electrons. The maximum Gasteiger partial charge on any atom is 0.339 e. The summed E-state index contributed by atoms with van der Waals surface area (Å²) >= 11 is 5.97. The number of urea groups is 1. The summed E-state index contributed by atoms with van der Waals surface area (Å²) < 4.78 is 11.0. The largest absolute Gasteiger partial charge is 0.440 e. The van der Waals surface area contributed by atoms with E-state index in [9.17, 15) is 4.79 Å². The molecule has 0 unspecified atom stereocenters. The lowest BCUT2D eigenvalue weighted by Crippen LogP contribution is -2.35. The zero-order valence-corrected chi connectivity index (χ0v) is 13.6. The summed E-state index contributed by atoms with van der Waals surface area (Å²) in [6.45, 7) is 2.97. The molecule has 0 saturated carbocycles. The second-order valence-corrected chi connectivity index (χ2v) is 5.49. The first-order valence-electron chi connectivity index (χ1n) is 7.49. The van der Waals surface area contributed by atoms with Crippen LogP contribution >= 0.6 is 11.6 Å². The Kier molecular flexibility index (Phi) is 5.35. The number of anilines is 2. The van der Waals surface area contributed by atoms with Gasteiger partial charge in [-0.25, -0.2) is 10.2 Å². The zero-order valence-electron chi connectivity index (χ0n) is 12.9. The summed E-state index contributed by atoms with van der Waals surface area (Å²) in [5.41, 5.74) is 2.88. The molecule has 0 bridgehead atoms. The molecule has 0 aliphatic carbocycles. The van der Waals surface area contributed by atoms with Gasteiger partial charge in [-0.1, -0.05) is 23.7 Å². The van der Waals surface area contributed by atoms with Gasteiger partial charge in [-0.15, -0.1) is 0 Å². The molecule has 2 aromatic rings. The standard InChI is InChI=1S/C16H17ClN4O3/c17-13-3-1-2-4-14(13)19-16(22)20-18-11-12-5-6-15(24-12)21-7-9-23-10-8-21/h1-6,11H,7-10H2,(H2,19,20,22)/b18-11+. The van der Waals surface area contributed by atoms with Crippen LogP contribution in [0.2, 0.25) is 5.02 Å². The first-order chi connectivity index (χ1) is 11.7. The fraction of sp³-hybridized carbons (Fsp3) is 0.250. The number of nitrogens with zero attached hydrogens (tertiary/aromatic N) is 2. The average Bonchev–Trinajstić information content (AvgIpc) is 3.07. The van der Waals surface area contributed by atoms with Crippen molar-refractivity contribution in [2.24, 2.45) is 5.10 Å². The minimum absolute atomic E-state index is 0.456. The number of hydrogen-bond acceptors (Lipinski definition) is 5. The molecule has 1 aromatic carbocycles. The smallest absolute Gasteiger partial charge is 0.339 e. The zero-order chi connectivity index (χ0) is 16.8. The molecular formula is C16H17ClN4O3. The Hall–Kier alpha value is -2.51. The molecule has 24 heavy (non-hydrogen) atoms. The first kappa shape index (κ1) is 16.4. The number of benzene rings is 1. The van der Waals surface area contributed by atoms with Crippen LogP contribution in [0.3, 0.4) is 0 Å². The molecule has 7 nitrogen and oxygen atoms in total. The van der Waals surface area contributed by atoms with Crippen LogP contribution in [0.4, 0.5) is 16.4 Å². The minimum Gasteiger partial charge on any atom is -0.440 e. The Morgan fingerprint density at radius 1 is 1.21 bits per heavy atom. The second-order valence-electron chi connectivity index (χ2n) is 5.08. The maximum absolute atomic E-state index is 11.8. The van der Waals surface area contributed by atoms with Crippen molar-refractivity contribution in [1.82, 2.24) is 5.43 Å². The Morgan fingerprint density at radius 2 is 2.00 bits per heavy atom. The SMILES string of the molecule is O=C(N/N=C/c1ccc(N2CCOCC2)o1)Nc1ccccc1Cl. The number of rotatable bonds is 4. The highest BCUT2D eigenvalue weighted by molar-refractivity contribution is 6.33. The number of halogens is 1. The highest BCUT2D eigenvalue weighted by Gasteiger charge is 2.14. The number of para-hydroxylation sites is 1. The summed E-state index contributed by atoms with van der Waals surface area (Å²) in [6, 6.07) is 10.1. The van der Waals surface area contributed by atoms with Gasteiger partial charge in [0.1, 0.15) is 5.76 Å². The van der Waals surface area contributed by atoms with Gasteiger partial charge >= 0.3 is 6.03 Å². The lowest BCUT2D eigenvalue weighted by atomic mass is 10.3. The van der Waals surface area contributed by atoms with Crippen LogP contribution in [-0.2, 0) is 4.74 Å². The van der Waals surface area contributed by atoms with Gasteiger partial charge in [-0.3, -0.25) is 0 Å². The van der Waals surface area contributed by atoms with Crippen LogP contribution in [0.15, 0.2) is 45.9 Å². The molecule has 2 heterocycles. The van der Waals surface area contributed by atoms with E-state index in [2.05, 4.69) is 20.7 Å². The molecule has 0 atom stereocenters. The van der Waals surface area contributed by atoms with Crippen LogP contribution in [-0.4, -0.2) is 38.5 Å². The highest BCUT2D eigenvalue weighted by Crippen LogP contribution is 2.20. The Balaban J connectivity index is 1.52. The molecule has 1 aliphatic rings. The van der Waals surface area contributed by atoms with E-state index in [0.717, 1.165) is 19.0 Å². The molecular weight excluding hydrogens is 332 g/mol. The number of hydrazone groups is 1.